The second-order valence-electron chi connectivity index (χ2n) is 8.65. The highest BCUT2D eigenvalue weighted by molar-refractivity contribution is 6.31. The first kappa shape index (κ1) is 26.2. The minimum absolute atomic E-state index is 0.0851. The summed E-state index contributed by atoms with van der Waals surface area (Å²) in [6, 6.07) is 9.65. The van der Waals surface area contributed by atoms with E-state index in [1.165, 1.54) is 22.7 Å². The number of hydrogen-bond acceptors (Lipinski definition) is 5. The van der Waals surface area contributed by atoms with Gasteiger partial charge in [0.15, 0.2) is 18.2 Å². The van der Waals surface area contributed by atoms with Crippen molar-refractivity contribution < 1.29 is 33.6 Å². The number of ether oxygens (including phenoxy) is 1. The molecule has 0 bridgehead atoms. The van der Waals surface area contributed by atoms with Gasteiger partial charge in [-0.2, -0.15) is 4.57 Å². The molecule has 9 nitrogen and oxygen atoms in total. The standard InChI is InChI=1S/C25H28ClN3O6/c1-17(14-22(31)32)27-23(33)18-8-7-13-29(15-18)16-35-24(34)28(2)25(12-6-5-11-21(25)30)19-9-3-4-10-20(19)26/h3-4,7-10,13,15,17H,5-6,11-12,14,16H2,1-2H3,(H-,27,31,32,33)/p+1/t17-,25?/m1/s1. The predicted octanol–water partition coefficient (Wildman–Crippen LogP) is 3.29. The van der Waals surface area contributed by atoms with Crippen LogP contribution in [0.15, 0.2) is 48.8 Å². The molecule has 10 heteroatoms. The number of halogens is 1. The van der Waals surface area contributed by atoms with Crippen LogP contribution in [0, 0.1) is 0 Å². The van der Waals surface area contributed by atoms with Gasteiger partial charge in [0.05, 0.1) is 6.42 Å². The topological polar surface area (TPSA) is 117 Å². The Morgan fingerprint density at radius 1 is 1.23 bits per heavy atom. The van der Waals surface area contributed by atoms with Gasteiger partial charge in [-0.1, -0.05) is 29.8 Å². The number of amides is 2. The lowest BCUT2D eigenvalue weighted by molar-refractivity contribution is -0.727. The van der Waals surface area contributed by atoms with Crippen molar-refractivity contribution in [3.8, 4) is 0 Å². The van der Waals surface area contributed by atoms with Crippen LogP contribution in [0.4, 0.5) is 4.79 Å². The largest absolute Gasteiger partial charge is 0.481 e. The van der Waals surface area contributed by atoms with E-state index >= 15 is 0 Å². The molecule has 1 aliphatic carbocycles. The molecule has 0 spiro atoms. The number of likely N-dealkylation sites (N-methyl/N-ethyl adjacent to an activating group) is 1. The number of carboxylic acid groups (broad SMARTS) is 1. The lowest BCUT2D eigenvalue weighted by Gasteiger charge is -2.43. The predicted molar refractivity (Wildman–Crippen MR) is 127 cm³/mol. The van der Waals surface area contributed by atoms with Crippen LogP contribution in [0.1, 0.15) is 54.9 Å². The van der Waals surface area contributed by atoms with Gasteiger partial charge in [-0.3, -0.25) is 19.3 Å². The van der Waals surface area contributed by atoms with E-state index in [0.717, 1.165) is 12.8 Å². The number of carbonyl (C=O) groups is 4. The fraction of sp³-hybridized carbons (Fsp3) is 0.400. The Hall–Kier alpha value is -3.46. The van der Waals surface area contributed by atoms with Gasteiger partial charge in [0.25, 0.3) is 12.6 Å². The van der Waals surface area contributed by atoms with Crippen molar-refractivity contribution in [1.29, 1.82) is 0 Å². The molecule has 186 valence electrons. The third-order valence-corrected chi connectivity index (χ3v) is 6.46. The van der Waals surface area contributed by atoms with Crippen molar-refractivity contribution in [3.63, 3.8) is 0 Å². The third kappa shape index (κ3) is 5.97. The molecule has 1 heterocycles. The Kier molecular flexibility index (Phi) is 8.45. The summed E-state index contributed by atoms with van der Waals surface area (Å²) in [6.07, 6.45) is 4.52. The molecule has 2 aromatic rings. The Morgan fingerprint density at radius 3 is 2.66 bits per heavy atom. The SMILES string of the molecule is C[C@H](CC(=O)O)NC(=O)c1ccc[n+](COC(=O)N(C)C2(c3ccccc3Cl)CCCCC2=O)c1. The lowest BCUT2D eigenvalue weighted by atomic mass is 9.74. The molecule has 0 radical (unpaired) electrons. The highest BCUT2D eigenvalue weighted by Gasteiger charge is 2.48. The number of aliphatic carboxylic acids is 1. The molecule has 1 aromatic heterocycles. The van der Waals surface area contributed by atoms with E-state index in [1.54, 1.807) is 49.5 Å². The van der Waals surface area contributed by atoms with E-state index in [4.69, 9.17) is 21.4 Å². The van der Waals surface area contributed by atoms with Crippen molar-refractivity contribution in [2.24, 2.45) is 0 Å². The van der Waals surface area contributed by atoms with Crippen LogP contribution in [-0.4, -0.2) is 46.8 Å². The Labute approximate surface area is 208 Å². The normalized spacial score (nSPS) is 18.4. The minimum Gasteiger partial charge on any atom is -0.481 e. The zero-order chi connectivity index (χ0) is 25.6. The number of carboxylic acids is 1. The van der Waals surface area contributed by atoms with Gasteiger partial charge in [-0.25, -0.2) is 4.79 Å². The average molecular weight is 503 g/mol. The van der Waals surface area contributed by atoms with E-state index in [2.05, 4.69) is 5.32 Å². The van der Waals surface area contributed by atoms with Gasteiger partial charge in [0.1, 0.15) is 11.1 Å². The molecule has 1 aliphatic rings. The zero-order valence-corrected chi connectivity index (χ0v) is 20.5. The maximum Gasteiger partial charge on any atom is 0.415 e. The Balaban J connectivity index is 1.73. The summed E-state index contributed by atoms with van der Waals surface area (Å²) in [5.74, 6) is -1.54. The monoisotopic (exact) mass is 502 g/mol. The first-order valence-electron chi connectivity index (χ1n) is 11.4. The van der Waals surface area contributed by atoms with Crippen molar-refractivity contribution in [2.75, 3.05) is 7.05 Å². The highest BCUT2D eigenvalue weighted by atomic mass is 35.5. The number of aromatic nitrogens is 1. The molecule has 1 saturated carbocycles. The minimum atomic E-state index is -1.21. The molecular weight excluding hydrogens is 474 g/mol. The number of Topliss-reactive ketones (excluding diaryl/α,β-unsaturated/α-hetero) is 1. The van der Waals surface area contributed by atoms with Crippen LogP contribution in [-0.2, 0) is 26.6 Å². The molecule has 35 heavy (non-hydrogen) atoms. The second kappa shape index (κ2) is 11.3. The molecule has 3 rings (SSSR count). The van der Waals surface area contributed by atoms with Gasteiger partial charge in [-0.15, -0.1) is 0 Å². The summed E-state index contributed by atoms with van der Waals surface area (Å²) >= 11 is 6.44. The van der Waals surface area contributed by atoms with Gasteiger partial charge in [-0.05, 0) is 38.3 Å². The van der Waals surface area contributed by atoms with Crippen molar-refractivity contribution in [3.05, 3.63) is 64.9 Å². The molecule has 2 atom stereocenters. The second-order valence-corrected chi connectivity index (χ2v) is 9.06. The molecule has 1 aromatic carbocycles. The zero-order valence-electron chi connectivity index (χ0n) is 19.7. The number of carbonyl (C=O) groups excluding carboxylic acids is 3. The smallest absolute Gasteiger partial charge is 0.415 e. The van der Waals surface area contributed by atoms with E-state index in [1.807, 2.05) is 0 Å². The summed E-state index contributed by atoms with van der Waals surface area (Å²) in [6.45, 7) is 1.41. The lowest BCUT2D eigenvalue weighted by Crippen LogP contribution is -2.55. The summed E-state index contributed by atoms with van der Waals surface area (Å²) in [5.41, 5.74) is -0.350. The van der Waals surface area contributed by atoms with Gasteiger partial charge in [0, 0.05) is 36.2 Å². The molecular formula is C25H29ClN3O6+. The summed E-state index contributed by atoms with van der Waals surface area (Å²) in [4.78, 5) is 50.8. The number of nitrogens with zero attached hydrogens (tertiary/aromatic N) is 2. The van der Waals surface area contributed by atoms with Gasteiger partial charge in [0.2, 0.25) is 0 Å². The number of benzene rings is 1. The molecule has 2 amide bonds. The highest BCUT2D eigenvalue weighted by Crippen LogP contribution is 2.42. The fourth-order valence-electron chi connectivity index (χ4n) is 4.37. The molecule has 1 unspecified atom stereocenters. The van der Waals surface area contributed by atoms with Crippen LogP contribution in [0.3, 0.4) is 0 Å². The van der Waals surface area contributed by atoms with Crippen LogP contribution >= 0.6 is 11.6 Å². The number of ketones is 1. The summed E-state index contributed by atoms with van der Waals surface area (Å²) < 4.78 is 7.00. The van der Waals surface area contributed by atoms with E-state index < -0.39 is 29.6 Å². The van der Waals surface area contributed by atoms with Crippen molar-refractivity contribution >= 4 is 35.4 Å². The maximum absolute atomic E-state index is 13.2. The van der Waals surface area contributed by atoms with Crippen LogP contribution in [0.2, 0.25) is 5.02 Å². The molecule has 2 N–H and O–H groups in total. The molecule has 0 saturated heterocycles. The van der Waals surface area contributed by atoms with Gasteiger partial charge >= 0.3 is 12.1 Å². The van der Waals surface area contributed by atoms with E-state index in [-0.39, 0.29) is 24.5 Å². The average Bonchev–Trinajstić information content (AvgIpc) is 2.82. The quantitative estimate of drug-likeness (QED) is 0.535. The van der Waals surface area contributed by atoms with E-state index in [9.17, 15) is 19.2 Å². The maximum atomic E-state index is 13.2. The van der Waals surface area contributed by atoms with Crippen LogP contribution < -0.4 is 9.88 Å². The third-order valence-electron chi connectivity index (χ3n) is 6.14. The number of hydrogen-bond donors (Lipinski definition) is 2. The Bertz CT molecular complexity index is 1120. The summed E-state index contributed by atoms with van der Waals surface area (Å²) in [7, 11) is 1.53. The molecule has 1 fully saturated rings. The number of rotatable bonds is 8. The van der Waals surface area contributed by atoms with Crippen molar-refractivity contribution in [1.82, 2.24) is 10.2 Å². The van der Waals surface area contributed by atoms with Crippen LogP contribution in [0.25, 0.3) is 0 Å². The molecule has 0 aliphatic heterocycles. The number of pyridine rings is 1. The first-order chi connectivity index (χ1) is 16.6. The fourth-order valence-corrected chi connectivity index (χ4v) is 4.66. The number of nitrogens with one attached hydrogen (secondary N) is 1. The van der Waals surface area contributed by atoms with Gasteiger partial charge < -0.3 is 15.2 Å². The van der Waals surface area contributed by atoms with Crippen molar-refractivity contribution in [2.45, 2.75) is 57.3 Å². The summed E-state index contributed by atoms with van der Waals surface area (Å²) in [5, 5.41) is 11.9. The van der Waals surface area contributed by atoms with Crippen LogP contribution in [0.5, 0.6) is 0 Å². The van der Waals surface area contributed by atoms with E-state index in [0.29, 0.717) is 23.4 Å². The first-order valence-corrected chi connectivity index (χ1v) is 11.7. The Morgan fingerprint density at radius 2 is 1.97 bits per heavy atom.